The molecule has 0 aliphatic heterocycles. The number of nitro benzene ring substituents is 4. The molecular formula is C26H16N4O8. The number of rotatable bonds is 8. The molecule has 0 saturated heterocycles. The monoisotopic (exact) mass is 512 g/mol. The van der Waals surface area contributed by atoms with Gasteiger partial charge >= 0.3 is 0 Å². The number of para-hydroxylation sites is 4. The second-order valence-corrected chi connectivity index (χ2v) is 7.85. The summed E-state index contributed by atoms with van der Waals surface area (Å²) >= 11 is 0. The number of nitro groups is 4. The van der Waals surface area contributed by atoms with E-state index in [1.165, 1.54) is 97.1 Å². The van der Waals surface area contributed by atoms with E-state index in [9.17, 15) is 40.5 Å². The van der Waals surface area contributed by atoms with Crippen molar-refractivity contribution >= 4 is 33.9 Å². The number of hydrogen-bond acceptors (Lipinski definition) is 8. The van der Waals surface area contributed by atoms with E-state index in [1.807, 2.05) is 0 Å². The molecule has 12 nitrogen and oxygen atoms in total. The Labute approximate surface area is 213 Å². The highest BCUT2D eigenvalue weighted by Crippen LogP contribution is 2.46. The fraction of sp³-hybridized carbons (Fsp3) is 0. The van der Waals surface area contributed by atoms with Gasteiger partial charge in [-0.15, -0.1) is 0 Å². The molecule has 0 heterocycles. The molecule has 188 valence electrons. The first kappa shape index (κ1) is 25.3. The van der Waals surface area contributed by atoms with Crippen LogP contribution in [-0.4, -0.2) is 19.7 Å². The van der Waals surface area contributed by atoms with Crippen molar-refractivity contribution in [3.8, 4) is 0 Å². The Morgan fingerprint density at radius 3 is 0.737 bits per heavy atom. The molecule has 12 heteroatoms. The lowest BCUT2D eigenvalue weighted by Gasteiger charge is -2.18. The SMILES string of the molecule is O=[N+]([O-])c1ccccc1C(=C(c1ccccc1[N+](=O)[O-])c1ccccc1[N+](=O)[O-])c1ccccc1[N+](=O)[O-]. The molecule has 0 aliphatic rings. The van der Waals surface area contributed by atoms with Crippen LogP contribution in [0.1, 0.15) is 22.3 Å². The minimum atomic E-state index is -0.694. The molecule has 0 unspecified atom stereocenters. The average Bonchev–Trinajstić information content (AvgIpc) is 2.91. The van der Waals surface area contributed by atoms with E-state index in [0.717, 1.165) is 0 Å². The topological polar surface area (TPSA) is 173 Å². The van der Waals surface area contributed by atoms with Crippen molar-refractivity contribution in [1.29, 1.82) is 0 Å². The Balaban J connectivity index is 2.36. The molecule has 0 N–H and O–H groups in total. The van der Waals surface area contributed by atoms with E-state index in [0.29, 0.717) is 0 Å². The van der Waals surface area contributed by atoms with Gasteiger partial charge in [0.15, 0.2) is 0 Å². The van der Waals surface area contributed by atoms with Crippen molar-refractivity contribution in [2.24, 2.45) is 0 Å². The predicted molar refractivity (Wildman–Crippen MR) is 137 cm³/mol. The Morgan fingerprint density at radius 1 is 0.368 bits per heavy atom. The number of hydrogen-bond donors (Lipinski definition) is 0. The smallest absolute Gasteiger partial charge is 0.258 e. The predicted octanol–water partition coefficient (Wildman–Crippen LogP) is 6.33. The van der Waals surface area contributed by atoms with E-state index in [-0.39, 0.29) is 33.4 Å². The largest absolute Gasteiger partial charge is 0.277 e. The fourth-order valence-corrected chi connectivity index (χ4v) is 4.21. The molecule has 0 atom stereocenters. The molecule has 0 fully saturated rings. The Bertz CT molecular complexity index is 1410. The summed E-state index contributed by atoms with van der Waals surface area (Å²) < 4.78 is 0. The Morgan fingerprint density at radius 2 is 0.553 bits per heavy atom. The van der Waals surface area contributed by atoms with Crippen LogP contribution in [0.25, 0.3) is 11.1 Å². The summed E-state index contributed by atoms with van der Waals surface area (Å²) in [5.74, 6) is 0. The first-order valence-corrected chi connectivity index (χ1v) is 10.9. The zero-order valence-corrected chi connectivity index (χ0v) is 19.3. The Kier molecular flexibility index (Phi) is 6.97. The van der Waals surface area contributed by atoms with E-state index >= 15 is 0 Å². The van der Waals surface area contributed by atoms with Gasteiger partial charge in [0, 0.05) is 35.4 Å². The van der Waals surface area contributed by atoms with Crippen molar-refractivity contribution in [2.45, 2.75) is 0 Å². The lowest BCUT2D eigenvalue weighted by atomic mass is 9.83. The van der Waals surface area contributed by atoms with Crippen LogP contribution < -0.4 is 0 Å². The van der Waals surface area contributed by atoms with Gasteiger partial charge in [-0.2, -0.15) is 0 Å². The highest BCUT2D eigenvalue weighted by Gasteiger charge is 2.32. The van der Waals surface area contributed by atoms with Crippen molar-refractivity contribution in [3.05, 3.63) is 160 Å². The molecule has 4 aromatic rings. The van der Waals surface area contributed by atoms with Crippen LogP contribution in [0.2, 0.25) is 0 Å². The quantitative estimate of drug-likeness (QED) is 0.150. The zero-order chi connectivity index (χ0) is 27.4. The molecular weight excluding hydrogens is 496 g/mol. The maximum atomic E-state index is 12.1. The standard InChI is InChI=1S/C26H16N4O8/c31-27(32)21-13-5-1-9-17(21)25(18-10-2-6-14-22(18)28(33)34)26(19-11-3-7-15-23(19)29(35)36)20-12-4-8-16-24(20)30(37)38/h1-16H. The molecule has 0 aromatic heterocycles. The highest BCUT2D eigenvalue weighted by atomic mass is 16.6. The molecule has 0 spiro atoms. The molecule has 4 rings (SSSR count). The van der Waals surface area contributed by atoms with Crippen LogP contribution in [-0.2, 0) is 0 Å². The summed E-state index contributed by atoms with van der Waals surface area (Å²) in [6, 6.07) is 21.5. The second kappa shape index (κ2) is 10.5. The lowest BCUT2D eigenvalue weighted by Crippen LogP contribution is -2.06. The zero-order valence-electron chi connectivity index (χ0n) is 19.3. The minimum Gasteiger partial charge on any atom is -0.258 e. The van der Waals surface area contributed by atoms with Gasteiger partial charge in [-0.05, 0) is 24.3 Å². The third-order valence-corrected chi connectivity index (χ3v) is 5.73. The van der Waals surface area contributed by atoms with Gasteiger partial charge in [-0.1, -0.05) is 48.5 Å². The molecule has 0 saturated carbocycles. The summed E-state index contributed by atoms with van der Waals surface area (Å²) in [5.41, 5.74) is -2.54. The van der Waals surface area contributed by atoms with Crippen LogP contribution in [0.3, 0.4) is 0 Å². The van der Waals surface area contributed by atoms with Crippen LogP contribution in [0.15, 0.2) is 97.1 Å². The first-order chi connectivity index (χ1) is 18.2. The molecule has 0 aliphatic carbocycles. The van der Waals surface area contributed by atoms with Crippen molar-refractivity contribution in [3.63, 3.8) is 0 Å². The van der Waals surface area contributed by atoms with Gasteiger partial charge in [0.1, 0.15) is 0 Å². The minimum absolute atomic E-state index is 0.113. The third kappa shape index (κ3) is 4.68. The first-order valence-electron chi connectivity index (χ1n) is 10.9. The molecule has 0 radical (unpaired) electrons. The van der Waals surface area contributed by atoms with E-state index in [1.54, 1.807) is 0 Å². The summed E-state index contributed by atoms with van der Waals surface area (Å²) in [6.07, 6.45) is 0. The van der Waals surface area contributed by atoms with E-state index in [4.69, 9.17) is 0 Å². The van der Waals surface area contributed by atoms with E-state index < -0.39 is 42.4 Å². The van der Waals surface area contributed by atoms with Crippen molar-refractivity contribution in [2.75, 3.05) is 0 Å². The summed E-state index contributed by atoms with van der Waals surface area (Å²) in [7, 11) is 0. The summed E-state index contributed by atoms with van der Waals surface area (Å²) in [4.78, 5) is 45.4. The van der Waals surface area contributed by atoms with Crippen LogP contribution in [0, 0.1) is 40.5 Å². The van der Waals surface area contributed by atoms with E-state index in [2.05, 4.69) is 0 Å². The summed E-state index contributed by atoms with van der Waals surface area (Å²) in [6.45, 7) is 0. The van der Waals surface area contributed by atoms with Gasteiger partial charge in [0.2, 0.25) is 0 Å². The molecule has 4 aromatic carbocycles. The molecule has 0 bridgehead atoms. The van der Waals surface area contributed by atoms with Gasteiger partial charge in [0.05, 0.1) is 41.9 Å². The second-order valence-electron chi connectivity index (χ2n) is 7.85. The van der Waals surface area contributed by atoms with Gasteiger partial charge in [0.25, 0.3) is 22.7 Å². The number of nitrogens with zero attached hydrogens (tertiary/aromatic N) is 4. The van der Waals surface area contributed by atoms with Crippen LogP contribution >= 0.6 is 0 Å². The number of benzene rings is 4. The van der Waals surface area contributed by atoms with Crippen LogP contribution in [0.5, 0.6) is 0 Å². The fourth-order valence-electron chi connectivity index (χ4n) is 4.21. The van der Waals surface area contributed by atoms with Crippen molar-refractivity contribution in [1.82, 2.24) is 0 Å². The highest BCUT2D eigenvalue weighted by molar-refractivity contribution is 6.09. The molecule has 38 heavy (non-hydrogen) atoms. The average molecular weight is 512 g/mol. The van der Waals surface area contributed by atoms with Crippen LogP contribution in [0.4, 0.5) is 22.7 Å². The lowest BCUT2D eigenvalue weighted by molar-refractivity contribution is -0.386. The Hall–Kier alpha value is -5.78. The van der Waals surface area contributed by atoms with Gasteiger partial charge in [-0.25, -0.2) is 0 Å². The maximum absolute atomic E-state index is 12.1. The summed E-state index contributed by atoms with van der Waals surface area (Å²) in [5, 5.41) is 48.2. The normalized spacial score (nSPS) is 10.4. The van der Waals surface area contributed by atoms with Gasteiger partial charge in [-0.3, -0.25) is 40.5 Å². The molecule has 0 amide bonds. The van der Waals surface area contributed by atoms with Gasteiger partial charge < -0.3 is 0 Å². The maximum Gasteiger partial charge on any atom is 0.277 e. The third-order valence-electron chi connectivity index (χ3n) is 5.73. The van der Waals surface area contributed by atoms with Crippen molar-refractivity contribution < 1.29 is 19.7 Å².